The van der Waals surface area contributed by atoms with Crippen molar-refractivity contribution in [1.29, 1.82) is 0 Å². The molecule has 1 heterocycles. The lowest BCUT2D eigenvalue weighted by Crippen LogP contribution is -2.60. The summed E-state index contributed by atoms with van der Waals surface area (Å²) in [4.78, 5) is 13.0. The number of sulfonamides is 1. The lowest BCUT2D eigenvalue weighted by molar-refractivity contribution is -0.0127. The van der Waals surface area contributed by atoms with Gasteiger partial charge in [-0.3, -0.25) is 0 Å². The number of rotatable bonds is 4. The number of halogens is 1. The van der Waals surface area contributed by atoms with Crippen LogP contribution in [0.2, 0.25) is 5.02 Å². The Morgan fingerprint density at radius 3 is 2.27 bits per heavy atom. The van der Waals surface area contributed by atoms with Crippen LogP contribution in [-0.2, 0) is 14.8 Å². The van der Waals surface area contributed by atoms with E-state index in [1.807, 2.05) is 0 Å². The molecule has 1 saturated heterocycles. The third kappa shape index (κ3) is 3.83. The Kier molecular flexibility index (Phi) is 5.24. The average Bonchev–Trinajstić information content (AvgIpc) is 2.68. The van der Waals surface area contributed by atoms with Crippen molar-refractivity contribution in [1.82, 2.24) is 9.62 Å². The van der Waals surface area contributed by atoms with E-state index in [-0.39, 0.29) is 16.5 Å². The first-order valence-electron chi connectivity index (χ1n) is 10.8. The molecule has 0 aromatic heterocycles. The summed E-state index contributed by atoms with van der Waals surface area (Å²) in [7, 11) is -3.66. The largest absolute Gasteiger partial charge is 0.379 e. The lowest BCUT2D eigenvalue weighted by atomic mass is 9.53. The summed E-state index contributed by atoms with van der Waals surface area (Å²) in [5, 5.41) is 6.36. The minimum absolute atomic E-state index is 0.122. The van der Waals surface area contributed by atoms with E-state index in [4.69, 9.17) is 16.3 Å². The van der Waals surface area contributed by atoms with Crippen LogP contribution in [0.3, 0.4) is 0 Å². The Hall–Kier alpha value is -1.35. The molecule has 1 aromatic carbocycles. The van der Waals surface area contributed by atoms with Gasteiger partial charge in [0.05, 0.1) is 28.8 Å². The molecule has 0 spiro atoms. The number of nitrogens with zero attached hydrogens (tertiary/aromatic N) is 1. The number of urea groups is 1. The van der Waals surface area contributed by atoms with E-state index in [1.54, 1.807) is 0 Å². The average molecular weight is 454 g/mol. The summed E-state index contributed by atoms with van der Waals surface area (Å²) in [6, 6.07) is 4.15. The van der Waals surface area contributed by atoms with Gasteiger partial charge in [0.25, 0.3) is 0 Å². The van der Waals surface area contributed by atoms with E-state index >= 15 is 0 Å². The van der Waals surface area contributed by atoms with Gasteiger partial charge < -0.3 is 15.4 Å². The highest BCUT2D eigenvalue weighted by molar-refractivity contribution is 7.89. The topological polar surface area (TPSA) is 87.7 Å². The first-order chi connectivity index (χ1) is 14.3. The molecule has 4 aliphatic carbocycles. The zero-order valence-electron chi connectivity index (χ0n) is 16.9. The van der Waals surface area contributed by atoms with E-state index < -0.39 is 10.0 Å². The van der Waals surface area contributed by atoms with Crippen molar-refractivity contribution in [3.05, 3.63) is 23.2 Å². The van der Waals surface area contributed by atoms with Crippen LogP contribution in [0.25, 0.3) is 0 Å². The van der Waals surface area contributed by atoms with Crippen molar-refractivity contribution in [3.63, 3.8) is 0 Å². The third-order valence-corrected chi connectivity index (χ3v) is 9.44. The smallest absolute Gasteiger partial charge is 0.319 e. The third-order valence-electron chi connectivity index (χ3n) is 7.21. The molecule has 5 aliphatic rings. The summed E-state index contributed by atoms with van der Waals surface area (Å²) >= 11 is 6.28. The Morgan fingerprint density at radius 2 is 1.67 bits per heavy atom. The van der Waals surface area contributed by atoms with Gasteiger partial charge in [-0.05, 0) is 74.5 Å². The summed E-state index contributed by atoms with van der Waals surface area (Å²) in [6.45, 7) is 1.40. The van der Waals surface area contributed by atoms with Gasteiger partial charge in [-0.25, -0.2) is 13.2 Å². The number of hydrogen-bond donors (Lipinski definition) is 2. The van der Waals surface area contributed by atoms with Gasteiger partial charge in [0.15, 0.2) is 0 Å². The SMILES string of the molecule is O=C(Nc1cc(S(=O)(=O)N2CCOCC2)ccc1Cl)NC12CC3CC(CC(C3)C1)C2. The van der Waals surface area contributed by atoms with Crippen LogP contribution in [0.1, 0.15) is 38.5 Å². The molecule has 164 valence electrons. The predicted molar refractivity (Wildman–Crippen MR) is 114 cm³/mol. The lowest BCUT2D eigenvalue weighted by Gasteiger charge is -2.56. The van der Waals surface area contributed by atoms with Crippen molar-refractivity contribution < 1.29 is 17.9 Å². The minimum Gasteiger partial charge on any atom is -0.379 e. The zero-order chi connectivity index (χ0) is 20.9. The predicted octanol–water partition coefficient (Wildman–Crippen LogP) is 3.45. The van der Waals surface area contributed by atoms with Crippen LogP contribution in [0.15, 0.2) is 23.1 Å². The normalized spacial score (nSPS) is 33.4. The van der Waals surface area contributed by atoms with Crippen LogP contribution < -0.4 is 10.6 Å². The number of ether oxygens (including phenoxy) is 1. The number of benzene rings is 1. The summed E-state index contributed by atoms with van der Waals surface area (Å²) in [6.07, 6.45) is 7.05. The molecule has 0 radical (unpaired) electrons. The summed E-state index contributed by atoms with van der Waals surface area (Å²) in [5.41, 5.74) is 0.191. The maximum absolute atomic E-state index is 12.9. The highest BCUT2D eigenvalue weighted by Gasteiger charge is 2.51. The highest BCUT2D eigenvalue weighted by Crippen LogP contribution is 2.55. The highest BCUT2D eigenvalue weighted by atomic mass is 35.5. The van der Waals surface area contributed by atoms with Crippen molar-refractivity contribution in [2.75, 3.05) is 31.6 Å². The van der Waals surface area contributed by atoms with E-state index in [2.05, 4.69) is 10.6 Å². The second-order valence-electron chi connectivity index (χ2n) is 9.44. The molecule has 1 aliphatic heterocycles. The first-order valence-corrected chi connectivity index (χ1v) is 12.6. The molecule has 4 saturated carbocycles. The molecule has 7 nitrogen and oxygen atoms in total. The molecule has 5 fully saturated rings. The Labute approximate surface area is 182 Å². The number of hydrogen-bond acceptors (Lipinski definition) is 4. The Balaban J connectivity index is 1.31. The van der Waals surface area contributed by atoms with Crippen molar-refractivity contribution in [2.45, 2.75) is 49.0 Å². The number of carbonyl (C=O) groups is 1. The standard InChI is InChI=1S/C21H28ClN3O4S/c22-18-2-1-17(30(27,28)25-3-5-29-6-4-25)10-19(18)23-20(26)24-21-11-14-7-15(12-21)9-16(8-14)13-21/h1-2,10,14-16H,3-9,11-13H2,(H2,23,24,26). The quantitative estimate of drug-likeness (QED) is 0.730. The second kappa shape index (κ2) is 7.65. The molecule has 4 bridgehead atoms. The maximum atomic E-state index is 12.9. The van der Waals surface area contributed by atoms with E-state index in [9.17, 15) is 13.2 Å². The molecule has 2 amide bonds. The molecule has 0 unspecified atom stereocenters. The van der Waals surface area contributed by atoms with Crippen LogP contribution in [0.5, 0.6) is 0 Å². The van der Waals surface area contributed by atoms with E-state index in [0.29, 0.717) is 37.0 Å². The monoisotopic (exact) mass is 453 g/mol. The molecule has 30 heavy (non-hydrogen) atoms. The summed E-state index contributed by atoms with van der Waals surface area (Å²) < 4.78 is 32.5. The van der Waals surface area contributed by atoms with Crippen LogP contribution in [0.4, 0.5) is 10.5 Å². The first kappa shape index (κ1) is 20.5. The van der Waals surface area contributed by atoms with E-state index in [1.165, 1.54) is 41.8 Å². The second-order valence-corrected chi connectivity index (χ2v) is 11.8. The van der Waals surface area contributed by atoms with Gasteiger partial charge in [0.1, 0.15) is 0 Å². The molecular formula is C21H28ClN3O4S. The van der Waals surface area contributed by atoms with Gasteiger partial charge in [0, 0.05) is 18.6 Å². The fourth-order valence-electron chi connectivity index (χ4n) is 6.35. The van der Waals surface area contributed by atoms with Gasteiger partial charge >= 0.3 is 6.03 Å². The van der Waals surface area contributed by atoms with Crippen LogP contribution >= 0.6 is 11.6 Å². The number of anilines is 1. The van der Waals surface area contributed by atoms with Crippen molar-refractivity contribution in [3.8, 4) is 0 Å². The van der Waals surface area contributed by atoms with Crippen molar-refractivity contribution >= 4 is 33.3 Å². The molecule has 0 atom stereocenters. The van der Waals surface area contributed by atoms with Gasteiger partial charge in [0.2, 0.25) is 10.0 Å². The van der Waals surface area contributed by atoms with Crippen molar-refractivity contribution in [2.24, 2.45) is 17.8 Å². The van der Waals surface area contributed by atoms with Gasteiger partial charge in [-0.15, -0.1) is 0 Å². The zero-order valence-corrected chi connectivity index (χ0v) is 18.5. The summed E-state index contributed by atoms with van der Waals surface area (Å²) in [5.74, 6) is 2.17. The fraction of sp³-hybridized carbons (Fsp3) is 0.667. The molecule has 1 aromatic rings. The molecule has 2 N–H and O–H groups in total. The number of carbonyl (C=O) groups excluding carboxylic acids is 1. The molecule has 9 heteroatoms. The Morgan fingerprint density at radius 1 is 1.07 bits per heavy atom. The van der Waals surface area contributed by atoms with Gasteiger partial charge in [-0.1, -0.05) is 11.6 Å². The number of amides is 2. The van der Waals surface area contributed by atoms with Crippen LogP contribution in [-0.4, -0.2) is 50.6 Å². The maximum Gasteiger partial charge on any atom is 0.319 e. The number of nitrogens with one attached hydrogen (secondary N) is 2. The molecule has 6 rings (SSSR count). The minimum atomic E-state index is -3.66. The molecular weight excluding hydrogens is 426 g/mol. The van der Waals surface area contributed by atoms with Gasteiger partial charge in [-0.2, -0.15) is 4.31 Å². The van der Waals surface area contributed by atoms with E-state index in [0.717, 1.165) is 37.0 Å². The number of morpholine rings is 1. The fourth-order valence-corrected chi connectivity index (χ4v) is 7.95. The van der Waals surface area contributed by atoms with Crippen LogP contribution in [0, 0.1) is 17.8 Å². The Bertz CT molecular complexity index is 910.